The molecule has 114 valence electrons. The summed E-state index contributed by atoms with van der Waals surface area (Å²) in [6, 6.07) is 7.82. The summed E-state index contributed by atoms with van der Waals surface area (Å²) in [5.41, 5.74) is 2.37. The van der Waals surface area contributed by atoms with E-state index in [0.717, 1.165) is 12.1 Å². The van der Waals surface area contributed by atoms with Crippen molar-refractivity contribution < 1.29 is 9.59 Å². The van der Waals surface area contributed by atoms with Crippen LogP contribution in [0, 0.1) is 6.92 Å². The largest absolute Gasteiger partial charge is 0.357 e. The van der Waals surface area contributed by atoms with Gasteiger partial charge in [0.05, 0.1) is 0 Å². The number of carbonyl (C=O) groups excluding carboxylic acids is 2. The van der Waals surface area contributed by atoms with Gasteiger partial charge >= 0.3 is 0 Å². The average molecular weight is 289 g/mol. The number of piperazine rings is 1. The molecule has 1 heterocycles. The number of carbonyl (C=O) groups is 2. The van der Waals surface area contributed by atoms with E-state index in [9.17, 15) is 9.59 Å². The average Bonchev–Trinajstić information content (AvgIpc) is 2.53. The number of rotatable bonds is 4. The van der Waals surface area contributed by atoms with Crippen LogP contribution in [0.5, 0.6) is 0 Å². The van der Waals surface area contributed by atoms with E-state index in [1.54, 1.807) is 11.9 Å². The first-order chi connectivity index (χ1) is 10.1. The van der Waals surface area contributed by atoms with Crippen LogP contribution in [-0.4, -0.2) is 49.4 Å². The monoisotopic (exact) mass is 289 g/mol. The Bertz CT molecular complexity index is 499. The minimum absolute atomic E-state index is 0.0469. The van der Waals surface area contributed by atoms with Gasteiger partial charge < -0.3 is 15.5 Å². The van der Waals surface area contributed by atoms with E-state index < -0.39 is 6.04 Å². The molecule has 2 rings (SSSR count). The molecule has 0 bridgehead atoms. The zero-order valence-electron chi connectivity index (χ0n) is 12.7. The molecular formula is C16H23N3O2. The quantitative estimate of drug-likeness (QED) is 0.847. The Morgan fingerprint density at radius 2 is 2.05 bits per heavy atom. The number of benzene rings is 1. The molecule has 1 aliphatic heterocycles. The van der Waals surface area contributed by atoms with E-state index in [4.69, 9.17) is 0 Å². The van der Waals surface area contributed by atoms with Crippen LogP contribution in [-0.2, 0) is 16.0 Å². The molecule has 2 amide bonds. The van der Waals surface area contributed by atoms with Crippen molar-refractivity contribution >= 4 is 11.8 Å². The van der Waals surface area contributed by atoms with Crippen molar-refractivity contribution in [1.29, 1.82) is 0 Å². The van der Waals surface area contributed by atoms with Crippen molar-refractivity contribution in [3.05, 3.63) is 35.4 Å². The van der Waals surface area contributed by atoms with Gasteiger partial charge in [-0.05, 0) is 18.9 Å². The molecule has 5 heteroatoms. The topological polar surface area (TPSA) is 61.4 Å². The maximum absolute atomic E-state index is 12.4. The third kappa shape index (κ3) is 4.04. The van der Waals surface area contributed by atoms with E-state index >= 15 is 0 Å². The Hall–Kier alpha value is -1.88. The molecule has 2 N–H and O–H groups in total. The van der Waals surface area contributed by atoms with Crippen molar-refractivity contribution in [2.24, 2.45) is 0 Å². The van der Waals surface area contributed by atoms with Crippen molar-refractivity contribution in [2.75, 3.05) is 26.7 Å². The van der Waals surface area contributed by atoms with Gasteiger partial charge in [-0.3, -0.25) is 9.59 Å². The van der Waals surface area contributed by atoms with Gasteiger partial charge in [-0.2, -0.15) is 0 Å². The summed E-state index contributed by atoms with van der Waals surface area (Å²) in [4.78, 5) is 25.9. The van der Waals surface area contributed by atoms with E-state index in [2.05, 4.69) is 34.9 Å². The first kappa shape index (κ1) is 15.5. The van der Waals surface area contributed by atoms with Gasteiger partial charge in [0.1, 0.15) is 6.04 Å². The van der Waals surface area contributed by atoms with Crippen molar-refractivity contribution in [3.63, 3.8) is 0 Å². The molecule has 1 aromatic carbocycles. The summed E-state index contributed by atoms with van der Waals surface area (Å²) in [5, 5.41) is 5.79. The van der Waals surface area contributed by atoms with Crippen molar-refractivity contribution in [3.8, 4) is 0 Å². The summed E-state index contributed by atoms with van der Waals surface area (Å²) in [5.74, 6) is -0.0587. The number of hydrogen-bond acceptors (Lipinski definition) is 3. The molecule has 1 atom stereocenters. The molecular weight excluding hydrogens is 266 g/mol. The fraction of sp³-hybridized carbons (Fsp3) is 0.500. The number of nitrogens with zero attached hydrogens (tertiary/aromatic N) is 1. The van der Waals surface area contributed by atoms with Crippen LogP contribution in [0.1, 0.15) is 17.5 Å². The molecule has 1 unspecified atom stereocenters. The number of aryl methyl sites for hydroxylation is 2. The highest BCUT2D eigenvalue weighted by Gasteiger charge is 2.30. The summed E-state index contributed by atoms with van der Waals surface area (Å²) in [6.45, 7) is 3.90. The number of likely N-dealkylation sites (N-methyl/N-ethyl adjacent to an activating group) is 1. The lowest BCUT2D eigenvalue weighted by Crippen LogP contribution is -2.59. The van der Waals surface area contributed by atoms with Gasteiger partial charge in [0.2, 0.25) is 11.8 Å². The van der Waals surface area contributed by atoms with Gasteiger partial charge in [0.25, 0.3) is 0 Å². The molecule has 0 aliphatic carbocycles. The van der Waals surface area contributed by atoms with Gasteiger partial charge in [-0.25, -0.2) is 0 Å². The highest BCUT2D eigenvalue weighted by Crippen LogP contribution is 2.10. The van der Waals surface area contributed by atoms with Crippen LogP contribution >= 0.6 is 0 Å². The van der Waals surface area contributed by atoms with Gasteiger partial charge in [-0.1, -0.05) is 29.8 Å². The number of nitrogens with one attached hydrogen (secondary N) is 2. The first-order valence-corrected chi connectivity index (χ1v) is 7.39. The SMILES string of the molecule is CNC(=O)C1CNCCN1C(=O)CCc1ccc(C)cc1. The van der Waals surface area contributed by atoms with Crippen LogP contribution in [0.15, 0.2) is 24.3 Å². The first-order valence-electron chi connectivity index (χ1n) is 7.39. The predicted octanol–water partition coefficient (Wildman–Crippen LogP) is 0.474. The Morgan fingerprint density at radius 3 is 2.71 bits per heavy atom. The van der Waals surface area contributed by atoms with E-state index in [1.165, 1.54) is 5.56 Å². The Labute approximate surface area is 125 Å². The maximum atomic E-state index is 12.4. The number of hydrogen-bond donors (Lipinski definition) is 2. The highest BCUT2D eigenvalue weighted by molar-refractivity contribution is 5.88. The summed E-state index contributed by atoms with van der Waals surface area (Å²) in [6.07, 6.45) is 1.15. The third-order valence-electron chi connectivity index (χ3n) is 3.86. The lowest BCUT2D eigenvalue weighted by atomic mass is 10.1. The van der Waals surface area contributed by atoms with Crippen LogP contribution in [0.4, 0.5) is 0 Å². The van der Waals surface area contributed by atoms with Gasteiger partial charge in [0.15, 0.2) is 0 Å². The van der Waals surface area contributed by atoms with Crippen LogP contribution in [0.2, 0.25) is 0 Å². The Morgan fingerprint density at radius 1 is 1.33 bits per heavy atom. The smallest absolute Gasteiger partial charge is 0.243 e. The van der Waals surface area contributed by atoms with Crippen molar-refractivity contribution in [1.82, 2.24) is 15.5 Å². The zero-order chi connectivity index (χ0) is 15.2. The molecule has 0 radical (unpaired) electrons. The minimum atomic E-state index is -0.394. The summed E-state index contributed by atoms with van der Waals surface area (Å²) in [7, 11) is 1.60. The minimum Gasteiger partial charge on any atom is -0.357 e. The second-order valence-electron chi connectivity index (χ2n) is 5.41. The zero-order valence-corrected chi connectivity index (χ0v) is 12.7. The summed E-state index contributed by atoms with van der Waals surface area (Å²) >= 11 is 0. The number of amides is 2. The lowest BCUT2D eigenvalue weighted by molar-refractivity contribution is -0.141. The fourth-order valence-electron chi connectivity index (χ4n) is 2.55. The Balaban J connectivity index is 1.94. The standard InChI is InChI=1S/C16H23N3O2/c1-12-3-5-13(6-4-12)7-8-15(20)19-10-9-18-11-14(19)16(21)17-2/h3-6,14,18H,7-11H2,1-2H3,(H,17,21). The molecule has 1 saturated heterocycles. The van der Waals surface area contributed by atoms with E-state index in [1.807, 2.05) is 6.92 Å². The molecule has 1 aliphatic rings. The lowest BCUT2D eigenvalue weighted by Gasteiger charge is -2.35. The molecule has 1 aromatic rings. The second kappa shape index (κ2) is 7.22. The molecule has 0 spiro atoms. The summed E-state index contributed by atoms with van der Waals surface area (Å²) < 4.78 is 0. The van der Waals surface area contributed by atoms with Crippen LogP contribution < -0.4 is 10.6 Å². The highest BCUT2D eigenvalue weighted by atomic mass is 16.2. The van der Waals surface area contributed by atoms with Gasteiger partial charge in [-0.15, -0.1) is 0 Å². The van der Waals surface area contributed by atoms with Crippen LogP contribution in [0.3, 0.4) is 0 Å². The Kier molecular flexibility index (Phi) is 5.33. The van der Waals surface area contributed by atoms with Gasteiger partial charge in [0, 0.05) is 33.1 Å². The van der Waals surface area contributed by atoms with E-state index in [-0.39, 0.29) is 11.8 Å². The molecule has 0 saturated carbocycles. The fourth-order valence-corrected chi connectivity index (χ4v) is 2.55. The van der Waals surface area contributed by atoms with E-state index in [0.29, 0.717) is 25.9 Å². The third-order valence-corrected chi connectivity index (χ3v) is 3.86. The molecule has 5 nitrogen and oxygen atoms in total. The molecule has 1 fully saturated rings. The van der Waals surface area contributed by atoms with Crippen LogP contribution in [0.25, 0.3) is 0 Å². The predicted molar refractivity (Wildman–Crippen MR) is 81.9 cm³/mol. The second-order valence-corrected chi connectivity index (χ2v) is 5.41. The maximum Gasteiger partial charge on any atom is 0.243 e. The normalized spacial score (nSPS) is 18.4. The molecule has 21 heavy (non-hydrogen) atoms. The van der Waals surface area contributed by atoms with Crippen molar-refractivity contribution in [2.45, 2.75) is 25.8 Å². The molecule has 0 aromatic heterocycles.